The van der Waals surface area contributed by atoms with E-state index in [0.717, 1.165) is 108 Å². The number of H-pyrrole nitrogens is 1. The molecule has 2 aliphatic carbocycles. The summed E-state index contributed by atoms with van der Waals surface area (Å²) in [4.78, 5) is 23.6. The number of carbonyl (C=O) groups excluding carboxylic acids is 1. The predicted octanol–water partition coefficient (Wildman–Crippen LogP) is 5.24. The van der Waals surface area contributed by atoms with Gasteiger partial charge in [0.25, 0.3) is 0 Å². The molecular weight excluding hydrogens is 640 g/mol. The summed E-state index contributed by atoms with van der Waals surface area (Å²) >= 11 is 0. The van der Waals surface area contributed by atoms with Crippen molar-refractivity contribution in [3.05, 3.63) is 59.3 Å². The van der Waals surface area contributed by atoms with Gasteiger partial charge in [-0.1, -0.05) is 30.3 Å². The molecule has 0 amide bonds. The van der Waals surface area contributed by atoms with E-state index in [1.165, 1.54) is 28.6 Å². The lowest BCUT2D eigenvalue weighted by Crippen LogP contribution is -2.77. The van der Waals surface area contributed by atoms with Gasteiger partial charge in [0, 0.05) is 83.7 Å². The highest BCUT2D eigenvalue weighted by atomic mass is 16.5. The van der Waals surface area contributed by atoms with E-state index < -0.39 is 0 Å². The van der Waals surface area contributed by atoms with Crippen LogP contribution >= 0.6 is 0 Å². The van der Waals surface area contributed by atoms with Crippen LogP contribution in [0.25, 0.3) is 10.9 Å². The number of aromatic nitrogens is 1. The molecule has 2 N–H and O–H groups in total. The number of methoxy groups -OCH3 is 2. The number of aromatic amines is 1. The van der Waals surface area contributed by atoms with Crippen molar-refractivity contribution in [1.82, 2.24) is 14.8 Å². The lowest BCUT2D eigenvalue weighted by atomic mass is 9.45. The van der Waals surface area contributed by atoms with Crippen LogP contribution < -0.4 is 10.1 Å². The molecule has 12 rings (SSSR count). The molecule has 9 heteroatoms. The summed E-state index contributed by atoms with van der Waals surface area (Å²) in [6, 6.07) is 15.9. The van der Waals surface area contributed by atoms with Crippen LogP contribution in [-0.2, 0) is 30.8 Å². The van der Waals surface area contributed by atoms with Gasteiger partial charge in [-0.15, -0.1) is 0 Å². The number of rotatable bonds is 2. The highest BCUT2D eigenvalue weighted by Gasteiger charge is 2.88. The van der Waals surface area contributed by atoms with Crippen molar-refractivity contribution in [3.63, 3.8) is 0 Å². The molecule has 268 valence electrons. The summed E-state index contributed by atoms with van der Waals surface area (Å²) in [6.07, 6.45) is 8.81. The first-order valence-corrected chi connectivity index (χ1v) is 19.8. The number of nitrogens with one attached hydrogen (secondary N) is 2. The number of benzene rings is 2. The van der Waals surface area contributed by atoms with E-state index in [4.69, 9.17) is 18.9 Å². The van der Waals surface area contributed by atoms with Gasteiger partial charge >= 0.3 is 5.97 Å². The van der Waals surface area contributed by atoms with Crippen LogP contribution in [0.4, 0.5) is 5.69 Å². The van der Waals surface area contributed by atoms with E-state index >= 15 is 0 Å². The Labute approximate surface area is 299 Å². The molecule has 4 spiro atoms. The van der Waals surface area contributed by atoms with Gasteiger partial charge < -0.3 is 34.1 Å². The first kappa shape index (κ1) is 30.4. The zero-order chi connectivity index (χ0) is 34.0. The fourth-order valence-corrected chi connectivity index (χ4v) is 15.7. The van der Waals surface area contributed by atoms with E-state index in [-0.39, 0.29) is 45.2 Å². The molecule has 1 aromatic heterocycles. The third-order valence-corrected chi connectivity index (χ3v) is 16.8. The fourth-order valence-electron chi connectivity index (χ4n) is 15.7. The number of para-hydroxylation sites is 2. The van der Waals surface area contributed by atoms with Crippen LogP contribution in [0.2, 0.25) is 0 Å². The second-order valence-corrected chi connectivity index (χ2v) is 18.0. The molecule has 3 aromatic rings. The number of carbonyl (C=O) groups is 1. The van der Waals surface area contributed by atoms with E-state index in [2.05, 4.69) is 62.6 Å². The van der Waals surface area contributed by atoms with Crippen molar-refractivity contribution in [3.8, 4) is 5.75 Å². The van der Waals surface area contributed by atoms with Gasteiger partial charge in [0.2, 0.25) is 0 Å². The second kappa shape index (κ2) is 9.90. The van der Waals surface area contributed by atoms with Gasteiger partial charge in [0.05, 0.1) is 43.6 Å². The van der Waals surface area contributed by atoms with E-state index in [1.807, 2.05) is 7.11 Å². The maximum Gasteiger partial charge on any atom is 0.314 e. The number of esters is 1. The Morgan fingerprint density at radius 1 is 0.941 bits per heavy atom. The van der Waals surface area contributed by atoms with Crippen molar-refractivity contribution >= 4 is 22.6 Å². The van der Waals surface area contributed by atoms with Crippen LogP contribution in [-0.4, -0.2) is 105 Å². The van der Waals surface area contributed by atoms with Crippen molar-refractivity contribution < 1.29 is 23.7 Å². The number of nitrogens with zero attached hydrogens (tertiary/aromatic N) is 2. The topological polar surface area (TPSA) is 88.3 Å². The monoisotopic (exact) mass is 690 g/mol. The molecule has 2 saturated carbocycles. The molecule has 51 heavy (non-hydrogen) atoms. The second-order valence-electron chi connectivity index (χ2n) is 18.0. The molecule has 0 radical (unpaired) electrons. The Hall–Kier alpha value is -3.11. The zero-order valence-electron chi connectivity index (χ0n) is 30.0. The summed E-state index contributed by atoms with van der Waals surface area (Å²) in [7, 11) is 3.40. The van der Waals surface area contributed by atoms with Gasteiger partial charge in [-0.2, -0.15) is 0 Å². The average molecular weight is 691 g/mol. The molecule has 1 unspecified atom stereocenters. The lowest BCUT2D eigenvalue weighted by Gasteiger charge is -2.66. The van der Waals surface area contributed by atoms with Gasteiger partial charge in [-0.25, -0.2) is 0 Å². The number of anilines is 1. The molecule has 2 aromatic carbocycles. The van der Waals surface area contributed by atoms with E-state index in [0.29, 0.717) is 18.1 Å². The molecular formula is C42H50N4O5. The smallest absolute Gasteiger partial charge is 0.314 e. The summed E-state index contributed by atoms with van der Waals surface area (Å²) in [6.45, 7) is 6.82. The van der Waals surface area contributed by atoms with Gasteiger partial charge in [0.1, 0.15) is 5.75 Å². The third kappa shape index (κ3) is 3.27. The van der Waals surface area contributed by atoms with Gasteiger partial charge in [0.15, 0.2) is 0 Å². The molecule has 7 aliphatic heterocycles. The maximum atomic E-state index is 14.1. The summed E-state index contributed by atoms with van der Waals surface area (Å²) in [5.74, 6) is 0.966. The Morgan fingerprint density at radius 2 is 1.84 bits per heavy atom. The molecule has 7 fully saturated rings. The Bertz CT molecular complexity index is 2000. The van der Waals surface area contributed by atoms with Crippen molar-refractivity contribution in [2.45, 2.75) is 86.5 Å². The largest absolute Gasteiger partial charge is 0.495 e. The Kier molecular flexibility index (Phi) is 5.89. The summed E-state index contributed by atoms with van der Waals surface area (Å²) < 4.78 is 25.9. The van der Waals surface area contributed by atoms with Crippen LogP contribution in [0.3, 0.4) is 0 Å². The number of fused-ring (bicyclic) bond motifs is 6. The number of hydrogen-bond donors (Lipinski definition) is 2. The number of piperidine rings is 3. The SMILES string of the molecule is COC(=O)[C@H]1C[C@@]23CCO[C@H]2[C@@]2(C[C@@H]4C[C@]56CCO[C@H]5CCN5CC[C@]27c2cccc(OC)c2N[C@]47[C@@H]56)CN(CCc2c1[nH]c1ccccc21)C3. The normalized spacial score (nSPS) is 45.5. The molecule has 8 heterocycles. The van der Waals surface area contributed by atoms with Gasteiger partial charge in [-0.05, 0) is 87.1 Å². The highest BCUT2D eigenvalue weighted by Crippen LogP contribution is 2.82. The maximum absolute atomic E-state index is 14.1. The van der Waals surface area contributed by atoms with Crippen LogP contribution in [0.1, 0.15) is 67.7 Å². The number of hydrogen-bond acceptors (Lipinski definition) is 8. The van der Waals surface area contributed by atoms with Crippen molar-refractivity contribution in [2.24, 2.45) is 22.2 Å². The Balaban J connectivity index is 1.08. The minimum atomic E-state index is -0.363. The summed E-state index contributed by atoms with van der Waals surface area (Å²) in [5, 5.41) is 5.70. The number of ether oxygens (including phenoxy) is 4. The molecule has 11 atom stereocenters. The van der Waals surface area contributed by atoms with Crippen molar-refractivity contribution in [2.75, 3.05) is 65.5 Å². The predicted molar refractivity (Wildman–Crippen MR) is 192 cm³/mol. The standard InChI is InChI=1S/C42H50N4O5/c1-48-31-9-5-7-29-34(31)44-42-25-20-39-14-19-50-32(39)11-16-46(36(39)42)17-12-41(29,42)40(21-25)24-45-15-10-27-26-6-3-4-8-30(26)43-33(27)28(35(47)49-2)22-38(23-45)13-18-51-37(38)40/h3-9,25,28,32,36-37,43-44H,10-24H2,1-2H3/t25-,28-,32-,36-,37+,38+,39+,40+,41-,42-/m0/s1. The average Bonchev–Trinajstić information content (AvgIpc) is 3.98. The van der Waals surface area contributed by atoms with Crippen LogP contribution in [0.5, 0.6) is 5.75 Å². The van der Waals surface area contributed by atoms with Crippen LogP contribution in [0.15, 0.2) is 42.5 Å². The third-order valence-electron chi connectivity index (χ3n) is 16.8. The van der Waals surface area contributed by atoms with E-state index in [1.54, 1.807) is 7.11 Å². The lowest BCUT2D eigenvalue weighted by molar-refractivity contribution is -0.176. The van der Waals surface area contributed by atoms with Crippen molar-refractivity contribution in [1.29, 1.82) is 0 Å². The molecule has 5 saturated heterocycles. The fraction of sp³-hybridized carbons (Fsp3) is 0.643. The molecule has 9 nitrogen and oxygen atoms in total. The first-order valence-electron chi connectivity index (χ1n) is 19.8. The zero-order valence-corrected chi connectivity index (χ0v) is 30.0. The minimum Gasteiger partial charge on any atom is -0.495 e. The van der Waals surface area contributed by atoms with Crippen LogP contribution in [0, 0.1) is 22.2 Å². The minimum absolute atomic E-state index is 0.0440. The molecule has 2 bridgehead atoms. The first-order chi connectivity index (χ1) is 24.9. The summed E-state index contributed by atoms with van der Waals surface area (Å²) in [5.41, 5.74) is 5.76. The molecule has 9 aliphatic rings. The van der Waals surface area contributed by atoms with Gasteiger partial charge in [-0.3, -0.25) is 9.69 Å². The van der Waals surface area contributed by atoms with E-state index in [9.17, 15) is 4.79 Å². The quantitative estimate of drug-likeness (QED) is 0.354. The highest BCUT2D eigenvalue weighted by molar-refractivity contribution is 5.88. The Morgan fingerprint density at radius 3 is 2.75 bits per heavy atom.